The van der Waals surface area contributed by atoms with Crippen LogP contribution in [0.1, 0.15) is 5.56 Å². The summed E-state index contributed by atoms with van der Waals surface area (Å²) in [5, 5.41) is 11.7. The van der Waals surface area contributed by atoms with Crippen LogP contribution >= 0.6 is 0 Å². The molecule has 0 atom stereocenters. The summed E-state index contributed by atoms with van der Waals surface area (Å²) in [5.41, 5.74) is 0.994. The van der Waals surface area contributed by atoms with Gasteiger partial charge >= 0.3 is 5.97 Å². The number of nitrogens with one attached hydrogen (secondary N) is 1. The van der Waals surface area contributed by atoms with Crippen molar-refractivity contribution in [3.8, 4) is 5.75 Å². The Hall–Kier alpha value is -2.56. The summed E-state index contributed by atoms with van der Waals surface area (Å²) in [6, 6.07) is 12.9. The summed E-state index contributed by atoms with van der Waals surface area (Å²) in [7, 11) is 0. The minimum atomic E-state index is -0.989. The van der Waals surface area contributed by atoms with Crippen molar-refractivity contribution in [3.05, 3.63) is 54.2 Å². The largest absolute Gasteiger partial charge is 0.482 e. The fourth-order valence-corrected chi connectivity index (χ4v) is 1.55. The third-order valence-corrected chi connectivity index (χ3v) is 2.40. The molecule has 1 aromatic carbocycles. The molecule has 5 nitrogen and oxygen atoms in total. The minimum Gasteiger partial charge on any atom is -0.482 e. The van der Waals surface area contributed by atoms with E-state index in [4.69, 9.17) is 9.84 Å². The van der Waals surface area contributed by atoms with Crippen LogP contribution in [0.2, 0.25) is 0 Å². The number of benzene rings is 1. The van der Waals surface area contributed by atoms with Crippen LogP contribution in [-0.2, 0) is 11.3 Å². The van der Waals surface area contributed by atoms with Crippen molar-refractivity contribution in [3.63, 3.8) is 0 Å². The molecule has 2 rings (SSSR count). The first-order valence-electron chi connectivity index (χ1n) is 5.82. The molecular formula is C14H14N2O3. The van der Waals surface area contributed by atoms with Gasteiger partial charge in [0.25, 0.3) is 0 Å². The average molecular weight is 258 g/mol. The van der Waals surface area contributed by atoms with Crippen molar-refractivity contribution in [2.24, 2.45) is 0 Å². The van der Waals surface area contributed by atoms with E-state index >= 15 is 0 Å². The number of hydrogen-bond acceptors (Lipinski definition) is 4. The van der Waals surface area contributed by atoms with Gasteiger partial charge in [-0.15, -0.1) is 0 Å². The molecular weight excluding hydrogens is 244 g/mol. The van der Waals surface area contributed by atoms with Gasteiger partial charge in [0.2, 0.25) is 0 Å². The normalized spacial score (nSPS) is 9.89. The van der Waals surface area contributed by atoms with Crippen LogP contribution in [-0.4, -0.2) is 22.7 Å². The van der Waals surface area contributed by atoms with Gasteiger partial charge in [-0.3, -0.25) is 0 Å². The predicted octanol–water partition coefficient (Wildman–Crippen LogP) is 2.16. The molecule has 0 aliphatic rings. The van der Waals surface area contributed by atoms with Gasteiger partial charge < -0.3 is 15.2 Å². The molecule has 0 unspecified atom stereocenters. The number of carbonyl (C=O) groups is 1. The third kappa shape index (κ3) is 4.31. The van der Waals surface area contributed by atoms with Crippen LogP contribution in [0.5, 0.6) is 5.75 Å². The lowest BCUT2D eigenvalue weighted by Gasteiger charge is -2.08. The number of aromatic nitrogens is 1. The zero-order chi connectivity index (χ0) is 13.5. The second-order valence-corrected chi connectivity index (χ2v) is 3.90. The second-order valence-electron chi connectivity index (χ2n) is 3.90. The monoisotopic (exact) mass is 258 g/mol. The van der Waals surface area contributed by atoms with Crippen molar-refractivity contribution < 1.29 is 14.6 Å². The van der Waals surface area contributed by atoms with E-state index in [0.717, 1.165) is 11.4 Å². The van der Waals surface area contributed by atoms with Gasteiger partial charge in [0.05, 0.1) is 0 Å². The first-order valence-corrected chi connectivity index (χ1v) is 5.82. The summed E-state index contributed by atoms with van der Waals surface area (Å²) in [6.45, 7) is 0.262. The number of rotatable bonds is 6. The maximum Gasteiger partial charge on any atom is 0.341 e. The standard InChI is InChI=1S/C14H14N2O3/c17-14(18)10-19-12-5-3-4-11(8-12)9-16-13-6-1-2-7-15-13/h1-8H,9-10H2,(H,15,16)(H,17,18). The zero-order valence-electron chi connectivity index (χ0n) is 10.2. The van der Waals surface area contributed by atoms with Gasteiger partial charge in [-0.25, -0.2) is 9.78 Å². The molecule has 0 aliphatic carbocycles. The fraction of sp³-hybridized carbons (Fsp3) is 0.143. The Morgan fingerprint density at radius 1 is 1.26 bits per heavy atom. The maximum absolute atomic E-state index is 10.4. The van der Waals surface area contributed by atoms with Crippen LogP contribution in [0.25, 0.3) is 0 Å². The van der Waals surface area contributed by atoms with Crippen LogP contribution in [0.3, 0.4) is 0 Å². The van der Waals surface area contributed by atoms with E-state index in [1.165, 1.54) is 0 Å². The molecule has 1 heterocycles. The summed E-state index contributed by atoms with van der Waals surface area (Å²) in [4.78, 5) is 14.6. The molecule has 0 radical (unpaired) electrons. The summed E-state index contributed by atoms with van der Waals surface area (Å²) >= 11 is 0. The molecule has 0 bridgehead atoms. The molecule has 0 saturated carbocycles. The summed E-state index contributed by atoms with van der Waals surface area (Å²) in [6.07, 6.45) is 1.72. The second kappa shape index (κ2) is 6.39. The highest BCUT2D eigenvalue weighted by Crippen LogP contribution is 2.14. The summed E-state index contributed by atoms with van der Waals surface area (Å²) < 4.78 is 5.12. The highest BCUT2D eigenvalue weighted by molar-refractivity contribution is 5.68. The van der Waals surface area contributed by atoms with E-state index in [1.807, 2.05) is 30.3 Å². The molecule has 98 valence electrons. The SMILES string of the molecule is O=C(O)COc1cccc(CNc2ccccn2)c1. The maximum atomic E-state index is 10.4. The third-order valence-electron chi connectivity index (χ3n) is 2.40. The first kappa shape index (κ1) is 12.9. The molecule has 2 N–H and O–H groups in total. The van der Waals surface area contributed by atoms with Gasteiger partial charge in [0.15, 0.2) is 6.61 Å². The number of anilines is 1. The number of hydrogen-bond donors (Lipinski definition) is 2. The highest BCUT2D eigenvalue weighted by atomic mass is 16.5. The fourth-order valence-electron chi connectivity index (χ4n) is 1.55. The number of carboxylic acid groups (broad SMARTS) is 1. The Kier molecular flexibility index (Phi) is 4.34. The molecule has 1 aromatic heterocycles. The lowest BCUT2D eigenvalue weighted by Crippen LogP contribution is -2.09. The van der Waals surface area contributed by atoms with Crippen LogP contribution in [0, 0.1) is 0 Å². The van der Waals surface area contributed by atoms with Gasteiger partial charge in [0, 0.05) is 12.7 Å². The van der Waals surface area contributed by atoms with Crippen LogP contribution in [0.15, 0.2) is 48.7 Å². The van der Waals surface area contributed by atoms with E-state index < -0.39 is 5.97 Å². The van der Waals surface area contributed by atoms with Gasteiger partial charge in [-0.2, -0.15) is 0 Å². The van der Waals surface area contributed by atoms with Crippen molar-refractivity contribution in [2.75, 3.05) is 11.9 Å². The molecule has 0 fully saturated rings. The van der Waals surface area contributed by atoms with Crippen molar-refractivity contribution >= 4 is 11.8 Å². The number of carboxylic acids is 1. The molecule has 19 heavy (non-hydrogen) atoms. The zero-order valence-corrected chi connectivity index (χ0v) is 10.2. The van der Waals surface area contributed by atoms with Crippen molar-refractivity contribution in [1.82, 2.24) is 4.98 Å². The van der Waals surface area contributed by atoms with Crippen molar-refractivity contribution in [1.29, 1.82) is 0 Å². The van der Waals surface area contributed by atoms with E-state index in [-0.39, 0.29) is 6.61 Å². The lowest BCUT2D eigenvalue weighted by molar-refractivity contribution is -0.139. The number of ether oxygens (including phenoxy) is 1. The van der Waals surface area contributed by atoms with E-state index in [0.29, 0.717) is 12.3 Å². The Morgan fingerprint density at radius 2 is 2.16 bits per heavy atom. The first-order chi connectivity index (χ1) is 9.24. The topological polar surface area (TPSA) is 71.5 Å². The van der Waals surface area contributed by atoms with Gasteiger partial charge in [-0.1, -0.05) is 18.2 Å². The summed E-state index contributed by atoms with van der Waals surface area (Å²) in [5.74, 6) is 0.346. The molecule has 0 aliphatic heterocycles. The highest BCUT2D eigenvalue weighted by Gasteiger charge is 2.01. The molecule has 0 amide bonds. The molecule has 2 aromatic rings. The van der Waals surface area contributed by atoms with Crippen LogP contribution in [0.4, 0.5) is 5.82 Å². The number of nitrogens with zero attached hydrogens (tertiary/aromatic N) is 1. The van der Waals surface area contributed by atoms with Gasteiger partial charge in [-0.05, 0) is 29.8 Å². The molecule has 0 spiro atoms. The number of aliphatic carboxylic acids is 1. The van der Waals surface area contributed by atoms with Crippen molar-refractivity contribution in [2.45, 2.75) is 6.54 Å². The number of pyridine rings is 1. The Balaban J connectivity index is 1.93. The van der Waals surface area contributed by atoms with Crippen LogP contribution < -0.4 is 10.1 Å². The van der Waals surface area contributed by atoms with E-state index in [9.17, 15) is 4.79 Å². The van der Waals surface area contributed by atoms with Gasteiger partial charge in [0.1, 0.15) is 11.6 Å². The smallest absolute Gasteiger partial charge is 0.341 e. The Morgan fingerprint density at radius 3 is 2.89 bits per heavy atom. The Bertz CT molecular complexity index is 543. The van der Waals surface area contributed by atoms with E-state index in [2.05, 4.69) is 10.3 Å². The predicted molar refractivity (Wildman–Crippen MR) is 71.1 cm³/mol. The average Bonchev–Trinajstić information content (AvgIpc) is 2.44. The quantitative estimate of drug-likeness (QED) is 0.830. The molecule has 5 heteroatoms. The van der Waals surface area contributed by atoms with E-state index in [1.54, 1.807) is 18.3 Å². The minimum absolute atomic E-state index is 0.336. The molecule has 0 saturated heterocycles. The Labute approximate surface area is 110 Å². The lowest BCUT2D eigenvalue weighted by atomic mass is 10.2.